The number of carboxylic acids is 1. The van der Waals surface area contributed by atoms with Crippen LogP contribution in [0.2, 0.25) is 0 Å². The van der Waals surface area contributed by atoms with E-state index in [4.69, 9.17) is 5.11 Å². The van der Waals surface area contributed by atoms with Crippen LogP contribution in [0.3, 0.4) is 0 Å². The number of nitrogens with one attached hydrogen (secondary N) is 1. The fourth-order valence-corrected chi connectivity index (χ4v) is 2.93. The van der Waals surface area contributed by atoms with Crippen molar-refractivity contribution in [1.29, 1.82) is 0 Å². The number of hydrogen-bond donors (Lipinski definition) is 2. The van der Waals surface area contributed by atoms with E-state index in [9.17, 15) is 14.0 Å². The Labute approximate surface area is 106 Å². The molecule has 19 heavy (non-hydrogen) atoms. The lowest BCUT2D eigenvalue weighted by Crippen LogP contribution is -2.17. The van der Waals surface area contributed by atoms with Gasteiger partial charge >= 0.3 is 5.97 Å². The third kappa shape index (κ3) is 1.27. The highest BCUT2D eigenvalue weighted by molar-refractivity contribution is 5.92. The van der Waals surface area contributed by atoms with Gasteiger partial charge in [0.05, 0.1) is 5.52 Å². The molecule has 4 rings (SSSR count). The Bertz CT molecular complexity index is 802. The van der Waals surface area contributed by atoms with Gasteiger partial charge in [0.2, 0.25) is 0 Å². The zero-order valence-corrected chi connectivity index (χ0v) is 9.87. The minimum Gasteiger partial charge on any atom is -0.477 e. The molecule has 2 N–H and O–H groups in total. The number of carboxylic acid groups (broad SMARTS) is 1. The molecule has 0 spiro atoms. The molecule has 0 saturated heterocycles. The van der Waals surface area contributed by atoms with Gasteiger partial charge in [-0.25, -0.2) is 9.18 Å². The molecule has 1 aromatic carbocycles. The van der Waals surface area contributed by atoms with E-state index in [1.807, 2.05) is 0 Å². The number of rotatable bonds is 2. The summed E-state index contributed by atoms with van der Waals surface area (Å²) in [5.74, 6) is -1.12. The van der Waals surface area contributed by atoms with Gasteiger partial charge in [-0.05, 0) is 30.4 Å². The summed E-state index contributed by atoms with van der Waals surface area (Å²) in [5.41, 5.74) is -0.353. The molecule has 5 heteroatoms. The first kappa shape index (κ1) is 10.7. The molecule has 1 heterocycles. The van der Waals surface area contributed by atoms with Crippen LogP contribution in [0, 0.1) is 11.7 Å². The number of halogens is 1. The highest BCUT2D eigenvalue weighted by Gasteiger charge is 2.71. The smallest absolute Gasteiger partial charge is 0.341 e. The molecule has 0 radical (unpaired) electrons. The monoisotopic (exact) mass is 259 g/mol. The minimum absolute atomic E-state index is 0.0145. The fourth-order valence-electron chi connectivity index (χ4n) is 2.93. The van der Waals surface area contributed by atoms with Gasteiger partial charge in [-0.15, -0.1) is 0 Å². The van der Waals surface area contributed by atoms with Gasteiger partial charge < -0.3 is 10.1 Å². The first-order valence-electron chi connectivity index (χ1n) is 6.12. The second kappa shape index (κ2) is 3.04. The van der Waals surface area contributed by atoms with E-state index in [-0.39, 0.29) is 16.5 Å². The Hall–Kier alpha value is -2.17. The van der Waals surface area contributed by atoms with Crippen LogP contribution in [0.1, 0.15) is 28.8 Å². The second-order valence-corrected chi connectivity index (χ2v) is 5.47. The number of hydrogen-bond acceptors (Lipinski definition) is 2. The van der Waals surface area contributed by atoms with Crippen LogP contribution in [-0.2, 0) is 5.41 Å². The Balaban J connectivity index is 1.99. The van der Waals surface area contributed by atoms with E-state index in [1.54, 1.807) is 12.1 Å². The van der Waals surface area contributed by atoms with Crippen LogP contribution in [0.4, 0.5) is 4.39 Å². The van der Waals surface area contributed by atoms with Crippen molar-refractivity contribution in [2.24, 2.45) is 5.92 Å². The first-order chi connectivity index (χ1) is 9.03. The molecule has 96 valence electrons. The van der Waals surface area contributed by atoms with Crippen LogP contribution in [0.5, 0.6) is 0 Å². The Kier molecular flexibility index (Phi) is 1.72. The number of carbonyl (C=O) groups is 1. The third-order valence-electron chi connectivity index (χ3n) is 4.41. The van der Waals surface area contributed by atoms with Crippen LogP contribution in [-0.4, -0.2) is 16.1 Å². The normalized spacial score (nSPS) is 27.1. The molecule has 4 nitrogen and oxygen atoms in total. The maximum atomic E-state index is 14.4. The van der Waals surface area contributed by atoms with Crippen molar-refractivity contribution < 1.29 is 14.3 Å². The number of benzene rings is 1. The van der Waals surface area contributed by atoms with Gasteiger partial charge in [0.25, 0.3) is 5.56 Å². The van der Waals surface area contributed by atoms with E-state index in [2.05, 4.69) is 4.98 Å². The maximum absolute atomic E-state index is 14.4. The molecule has 1 aromatic heterocycles. The van der Waals surface area contributed by atoms with E-state index in [1.165, 1.54) is 6.07 Å². The van der Waals surface area contributed by atoms with Crippen LogP contribution in [0.15, 0.2) is 23.0 Å². The number of fused-ring (bicyclic) bond motifs is 2. The number of pyridine rings is 1. The van der Waals surface area contributed by atoms with E-state index in [0.29, 0.717) is 16.9 Å². The van der Waals surface area contributed by atoms with E-state index >= 15 is 0 Å². The molecule has 0 unspecified atom stereocenters. The molecular weight excluding hydrogens is 249 g/mol. The molecule has 2 aromatic rings. The van der Waals surface area contributed by atoms with Crippen molar-refractivity contribution in [2.75, 3.05) is 0 Å². The lowest BCUT2D eigenvalue weighted by Gasteiger charge is -2.09. The van der Waals surface area contributed by atoms with Gasteiger partial charge in [0.15, 0.2) is 5.82 Å². The van der Waals surface area contributed by atoms with E-state index in [0.717, 1.165) is 12.8 Å². The summed E-state index contributed by atoms with van der Waals surface area (Å²) in [6.45, 7) is 0. The summed E-state index contributed by atoms with van der Waals surface area (Å²) < 4.78 is 14.4. The van der Waals surface area contributed by atoms with Gasteiger partial charge in [-0.1, -0.05) is 12.1 Å². The predicted octanol–water partition coefficient (Wildman–Crippen LogP) is 2.03. The zero-order chi connectivity index (χ0) is 13.4. The highest BCUT2D eigenvalue weighted by Crippen LogP contribution is 2.75. The summed E-state index contributed by atoms with van der Waals surface area (Å²) in [5, 5.41) is 9.29. The van der Waals surface area contributed by atoms with Crippen molar-refractivity contribution in [1.82, 2.24) is 4.98 Å². The van der Waals surface area contributed by atoms with Crippen molar-refractivity contribution in [3.8, 4) is 0 Å². The molecule has 2 aliphatic rings. The van der Waals surface area contributed by atoms with Crippen LogP contribution < -0.4 is 5.56 Å². The zero-order valence-electron chi connectivity index (χ0n) is 9.87. The number of aromatic amines is 1. The molecule has 0 atom stereocenters. The lowest BCUT2D eigenvalue weighted by molar-refractivity contribution is 0.0695. The average molecular weight is 259 g/mol. The molecule has 0 aliphatic heterocycles. The van der Waals surface area contributed by atoms with Gasteiger partial charge in [-0.3, -0.25) is 4.79 Å². The van der Waals surface area contributed by atoms with Crippen LogP contribution in [0.25, 0.3) is 10.9 Å². The molecule has 0 bridgehead atoms. The predicted molar refractivity (Wildman–Crippen MR) is 65.9 cm³/mol. The van der Waals surface area contributed by atoms with Crippen molar-refractivity contribution in [2.45, 2.75) is 18.3 Å². The van der Waals surface area contributed by atoms with Gasteiger partial charge in [-0.2, -0.15) is 0 Å². The first-order valence-corrected chi connectivity index (χ1v) is 6.12. The summed E-state index contributed by atoms with van der Waals surface area (Å²) in [6, 6.07) is 4.62. The summed E-state index contributed by atoms with van der Waals surface area (Å²) >= 11 is 0. The standard InChI is InChI=1S/C14H10FNO3/c15-10-9(14-4-7(14)5-14)2-1-6-3-8(13(18)19)12(17)16-11(6)10/h1-3,7H,4-5H2,(H,16,17)(H,18,19). The number of aromatic nitrogens is 1. The second-order valence-electron chi connectivity index (χ2n) is 5.47. The topological polar surface area (TPSA) is 70.2 Å². The summed E-state index contributed by atoms with van der Waals surface area (Å²) in [6.07, 6.45) is 2.04. The molecular formula is C14H10FNO3. The molecule has 2 saturated carbocycles. The molecule has 0 amide bonds. The Morgan fingerprint density at radius 2 is 2.11 bits per heavy atom. The largest absolute Gasteiger partial charge is 0.477 e. The Morgan fingerprint density at radius 1 is 1.42 bits per heavy atom. The lowest BCUT2D eigenvalue weighted by atomic mass is 10.00. The number of H-pyrrole nitrogens is 1. The maximum Gasteiger partial charge on any atom is 0.341 e. The quantitative estimate of drug-likeness (QED) is 0.866. The van der Waals surface area contributed by atoms with Gasteiger partial charge in [0.1, 0.15) is 5.56 Å². The van der Waals surface area contributed by atoms with Crippen molar-refractivity contribution >= 4 is 16.9 Å². The third-order valence-corrected chi connectivity index (χ3v) is 4.41. The van der Waals surface area contributed by atoms with Crippen molar-refractivity contribution in [3.63, 3.8) is 0 Å². The summed E-state index contributed by atoms with van der Waals surface area (Å²) in [7, 11) is 0. The summed E-state index contributed by atoms with van der Waals surface area (Å²) in [4.78, 5) is 24.8. The van der Waals surface area contributed by atoms with Crippen molar-refractivity contribution in [3.05, 3.63) is 45.5 Å². The highest BCUT2D eigenvalue weighted by atomic mass is 19.1. The fraction of sp³-hybridized carbons (Fsp3) is 0.286. The molecule has 2 fully saturated rings. The van der Waals surface area contributed by atoms with Gasteiger partial charge in [0, 0.05) is 10.8 Å². The average Bonchev–Trinajstić information content (AvgIpc) is 3.18. The number of aromatic carboxylic acids is 1. The SMILES string of the molecule is O=C(O)c1cc2ccc(C34CC3C4)c(F)c2[nH]c1=O. The van der Waals surface area contributed by atoms with E-state index < -0.39 is 17.3 Å². The molecule has 2 aliphatic carbocycles. The minimum atomic E-state index is -1.31. The Morgan fingerprint density at radius 3 is 2.68 bits per heavy atom. The van der Waals surface area contributed by atoms with Crippen LogP contribution >= 0.6 is 0 Å².